The highest BCUT2D eigenvalue weighted by molar-refractivity contribution is 5.85. The Hall–Kier alpha value is -1.90. The van der Waals surface area contributed by atoms with Gasteiger partial charge in [0.1, 0.15) is 5.75 Å². The number of likely N-dealkylation sites (N-methyl/N-ethyl adjacent to an activating group) is 1. The molecule has 1 saturated heterocycles. The molecule has 0 aromatic heterocycles. The van der Waals surface area contributed by atoms with Crippen molar-refractivity contribution >= 4 is 24.0 Å². The molecule has 0 spiro atoms. The molecule has 2 rings (SSSR count). The van der Waals surface area contributed by atoms with Crippen LogP contribution < -0.4 is 10.1 Å². The van der Waals surface area contributed by atoms with Crippen LogP contribution in [0.1, 0.15) is 5.56 Å². The van der Waals surface area contributed by atoms with Crippen LogP contribution in [0, 0.1) is 10.1 Å². The molecule has 0 atom stereocenters. The van der Waals surface area contributed by atoms with Gasteiger partial charge in [-0.25, -0.2) is 0 Å². The highest BCUT2D eigenvalue weighted by atomic mass is 35.5. The van der Waals surface area contributed by atoms with Gasteiger partial charge in [0.25, 0.3) is 5.69 Å². The molecule has 1 heterocycles. The molecule has 134 valence electrons. The molecule has 1 amide bonds. The van der Waals surface area contributed by atoms with E-state index >= 15 is 0 Å². The van der Waals surface area contributed by atoms with Crippen LogP contribution in [-0.4, -0.2) is 67.5 Å². The average Bonchev–Trinajstić information content (AvgIpc) is 2.55. The maximum absolute atomic E-state index is 12.2. The van der Waals surface area contributed by atoms with E-state index in [1.807, 2.05) is 16.8 Å². The average molecular weight is 359 g/mol. The zero-order chi connectivity index (χ0) is 16.8. The van der Waals surface area contributed by atoms with Gasteiger partial charge < -0.3 is 15.0 Å². The standard InChI is InChI=1S/C15H22N4O4.ClH/c1-17(11-15(20)18-7-5-16-6-8-18)10-12-9-13(19(21)22)3-4-14(12)23-2;/h3-4,9,16H,5-8,10-11H2,1-2H3;1H. The maximum atomic E-state index is 12.2. The molecule has 0 bridgehead atoms. The molecule has 0 radical (unpaired) electrons. The molecule has 1 fully saturated rings. The van der Waals surface area contributed by atoms with Gasteiger partial charge in [0.2, 0.25) is 5.91 Å². The quantitative estimate of drug-likeness (QED) is 0.600. The highest BCUT2D eigenvalue weighted by Crippen LogP contribution is 2.25. The van der Waals surface area contributed by atoms with E-state index in [0.29, 0.717) is 30.9 Å². The van der Waals surface area contributed by atoms with Crippen LogP contribution in [0.3, 0.4) is 0 Å². The molecule has 8 nitrogen and oxygen atoms in total. The molecule has 1 aromatic rings. The van der Waals surface area contributed by atoms with Gasteiger partial charge in [0.05, 0.1) is 18.6 Å². The summed E-state index contributed by atoms with van der Waals surface area (Å²) in [7, 11) is 3.34. The summed E-state index contributed by atoms with van der Waals surface area (Å²) < 4.78 is 5.25. The summed E-state index contributed by atoms with van der Waals surface area (Å²) in [6, 6.07) is 4.48. The van der Waals surface area contributed by atoms with Crippen LogP contribution in [0.25, 0.3) is 0 Å². The van der Waals surface area contributed by atoms with Gasteiger partial charge in [-0.1, -0.05) is 0 Å². The molecule has 1 aromatic carbocycles. The SMILES string of the molecule is COc1ccc([N+](=O)[O-])cc1CN(C)CC(=O)N1CCNCC1.Cl. The Kier molecular flexibility index (Phi) is 7.90. The van der Waals surface area contributed by atoms with Gasteiger partial charge in [-0.3, -0.25) is 19.8 Å². The number of nitrogens with one attached hydrogen (secondary N) is 1. The van der Waals surface area contributed by atoms with Gasteiger partial charge in [0.15, 0.2) is 0 Å². The fourth-order valence-corrected chi connectivity index (χ4v) is 2.59. The molecule has 0 saturated carbocycles. The summed E-state index contributed by atoms with van der Waals surface area (Å²) in [6.45, 7) is 3.73. The van der Waals surface area contributed by atoms with Crippen LogP contribution >= 0.6 is 12.4 Å². The third-order valence-electron chi connectivity index (χ3n) is 3.79. The second kappa shape index (κ2) is 9.41. The Bertz CT molecular complexity index is 579. The van der Waals surface area contributed by atoms with E-state index in [1.165, 1.54) is 19.2 Å². The zero-order valence-corrected chi connectivity index (χ0v) is 14.7. The molecule has 9 heteroatoms. The maximum Gasteiger partial charge on any atom is 0.270 e. The van der Waals surface area contributed by atoms with Crippen LogP contribution in [0.5, 0.6) is 5.75 Å². The van der Waals surface area contributed by atoms with E-state index in [9.17, 15) is 14.9 Å². The number of ether oxygens (including phenoxy) is 1. The number of non-ortho nitro benzene ring substituents is 1. The molecule has 1 aliphatic heterocycles. The second-order valence-electron chi connectivity index (χ2n) is 5.56. The first kappa shape index (κ1) is 20.1. The minimum Gasteiger partial charge on any atom is -0.496 e. The van der Waals surface area contributed by atoms with E-state index in [1.54, 1.807) is 6.07 Å². The number of rotatable bonds is 6. The Morgan fingerprint density at radius 2 is 2.08 bits per heavy atom. The van der Waals surface area contributed by atoms with Crippen molar-refractivity contribution < 1.29 is 14.5 Å². The molecular weight excluding hydrogens is 336 g/mol. The van der Waals surface area contributed by atoms with E-state index in [2.05, 4.69) is 5.32 Å². The number of hydrogen-bond acceptors (Lipinski definition) is 6. The lowest BCUT2D eigenvalue weighted by atomic mass is 10.1. The smallest absolute Gasteiger partial charge is 0.270 e. The third-order valence-corrected chi connectivity index (χ3v) is 3.79. The number of carbonyl (C=O) groups excluding carboxylic acids is 1. The lowest BCUT2D eigenvalue weighted by Gasteiger charge is -2.29. The van der Waals surface area contributed by atoms with Crippen molar-refractivity contribution in [3.63, 3.8) is 0 Å². The van der Waals surface area contributed by atoms with Gasteiger partial charge in [-0.05, 0) is 13.1 Å². The van der Waals surface area contributed by atoms with Crippen molar-refractivity contribution in [2.75, 3.05) is 46.9 Å². The number of nitro benzene ring substituents is 1. The van der Waals surface area contributed by atoms with Gasteiger partial charge in [0, 0.05) is 50.4 Å². The molecule has 0 aliphatic carbocycles. The summed E-state index contributed by atoms with van der Waals surface area (Å²) in [5, 5.41) is 14.1. The first-order valence-electron chi connectivity index (χ1n) is 7.49. The van der Waals surface area contributed by atoms with Crippen molar-refractivity contribution in [3.8, 4) is 5.75 Å². The highest BCUT2D eigenvalue weighted by Gasteiger charge is 2.19. The lowest BCUT2D eigenvalue weighted by molar-refractivity contribution is -0.384. The summed E-state index contributed by atoms with van der Waals surface area (Å²) in [6.07, 6.45) is 0. The Balaban J connectivity index is 0.00000288. The van der Waals surface area contributed by atoms with Gasteiger partial charge >= 0.3 is 0 Å². The molecule has 0 unspecified atom stereocenters. The Morgan fingerprint density at radius 3 is 2.67 bits per heavy atom. The molecular formula is C15H23ClN4O4. The molecule has 1 N–H and O–H groups in total. The van der Waals surface area contributed by atoms with E-state index in [0.717, 1.165) is 13.1 Å². The van der Waals surface area contributed by atoms with E-state index < -0.39 is 4.92 Å². The van der Waals surface area contributed by atoms with Gasteiger partial charge in [-0.15, -0.1) is 12.4 Å². The number of amides is 1. The van der Waals surface area contributed by atoms with Crippen molar-refractivity contribution in [3.05, 3.63) is 33.9 Å². The number of nitro groups is 1. The molecule has 1 aliphatic rings. The molecule has 24 heavy (non-hydrogen) atoms. The zero-order valence-electron chi connectivity index (χ0n) is 13.9. The number of halogens is 1. The van der Waals surface area contributed by atoms with Crippen molar-refractivity contribution in [2.45, 2.75) is 6.54 Å². The minimum absolute atomic E-state index is 0. The second-order valence-corrected chi connectivity index (χ2v) is 5.56. The number of carbonyl (C=O) groups is 1. The minimum atomic E-state index is -0.436. The number of hydrogen-bond donors (Lipinski definition) is 1. The summed E-state index contributed by atoms with van der Waals surface area (Å²) in [5.41, 5.74) is 0.708. The van der Waals surface area contributed by atoms with Crippen molar-refractivity contribution in [2.24, 2.45) is 0 Å². The normalized spacial score (nSPS) is 14.2. The third kappa shape index (κ3) is 5.33. The van der Waals surface area contributed by atoms with E-state index in [-0.39, 0.29) is 30.5 Å². The Labute approximate surface area is 147 Å². The Morgan fingerprint density at radius 1 is 1.42 bits per heavy atom. The topological polar surface area (TPSA) is 88.0 Å². The number of nitrogens with zero attached hydrogens (tertiary/aromatic N) is 3. The first-order chi connectivity index (χ1) is 11.0. The predicted molar refractivity (Wildman–Crippen MR) is 92.7 cm³/mol. The van der Waals surface area contributed by atoms with E-state index in [4.69, 9.17) is 4.74 Å². The monoisotopic (exact) mass is 358 g/mol. The summed E-state index contributed by atoms with van der Waals surface area (Å²) in [5.74, 6) is 0.649. The van der Waals surface area contributed by atoms with Crippen molar-refractivity contribution in [1.82, 2.24) is 15.1 Å². The van der Waals surface area contributed by atoms with Crippen LogP contribution in [0.4, 0.5) is 5.69 Å². The largest absolute Gasteiger partial charge is 0.496 e. The predicted octanol–water partition coefficient (Wildman–Crippen LogP) is 0.889. The fraction of sp³-hybridized carbons (Fsp3) is 0.533. The number of methoxy groups -OCH3 is 1. The van der Waals surface area contributed by atoms with Crippen LogP contribution in [0.15, 0.2) is 18.2 Å². The van der Waals surface area contributed by atoms with Crippen LogP contribution in [0.2, 0.25) is 0 Å². The number of piperazine rings is 1. The van der Waals surface area contributed by atoms with Crippen LogP contribution in [-0.2, 0) is 11.3 Å². The fourth-order valence-electron chi connectivity index (χ4n) is 2.59. The lowest BCUT2D eigenvalue weighted by Crippen LogP contribution is -2.49. The van der Waals surface area contributed by atoms with Crippen molar-refractivity contribution in [1.29, 1.82) is 0 Å². The summed E-state index contributed by atoms with van der Waals surface area (Å²) >= 11 is 0. The summed E-state index contributed by atoms with van der Waals surface area (Å²) in [4.78, 5) is 26.4. The van der Waals surface area contributed by atoms with Gasteiger partial charge in [-0.2, -0.15) is 0 Å². The first-order valence-corrected chi connectivity index (χ1v) is 7.49. The number of benzene rings is 1.